The molecule has 0 unspecified atom stereocenters. The van der Waals surface area contributed by atoms with Gasteiger partial charge in [0.1, 0.15) is 35.7 Å². The number of rotatable bonds is 31. The Labute approximate surface area is 547 Å². The van der Waals surface area contributed by atoms with Crippen molar-refractivity contribution in [2.75, 3.05) is 68.5 Å². The van der Waals surface area contributed by atoms with Crippen LogP contribution in [0.3, 0.4) is 0 Å². The fourth-order valence-corrected chi connectivity index (χ4v) is 13.3. The Morgan fingerprint density at radius 1 is 0.707 bits per heavy atom. The van der Waals surface area contributed by atoms with Gasteiger partial charge in [0.05, 0.1) is 30.2 Å². The summed E-state index contributed by atoms with van der Waals surface area (Å²) in [5.41, 5.74) is 3.38. The lowest BCUT2D eigenvalue weighted by atomic mass is 9.79. The van der Waals surface area contributed by atoms with Crippen LogP contribution in [0.25, 0.3) is 0 Å². The van der Waals surface area contributed by atoms with E-state index >= 15 is 9.59 Å². The van der Waals surface area contributed by atoms with Gasteiger partial charge in [-0.1, -0.05) is 124 Å². The molecule has 5 N–H and O–H groups in total. The first-order valence-corrected chi connectivity index (χ1v) is 33.2. The van der Waals surface area contributed by atoms with Gasteiger partial charge < -0.3 is 56.0 Å². The Balaban J connectivity index is 1.58. The van der Waals surface area contributed by atoms with Gasteiger partial charge in [0, 0.05) is 67.2 Å². The number of hydrogen-bond donors (Lipinski definition) is 4. The van der Waals surface area contributed by atoms with Crippen LogP contribution in [0, 0.1) is 29.6 Å². The number of nitrogens with zero attached hydrogens (tertiary/aromatic N) is 7. The number of carbonyl (C=O) groups excluding carboxylic acids is 11. The highest BCUT2D eigenvalue weighted by atomic mass is 35.5. The van der Waals surface area contributed by atoms with Crippen molar-refractivity contribution in [1.29, 1.82) is 0 Å². The number of hydrogen-bond acceptors (Lipinski definition) is 11. The Morgan fingerprint density at radius 2 is 1.29 bits per heavy atom. The molecule has 1 aromatic carbocycles. The molecule has 22 nitrogen and oxygen atoms in total. The summed E-state index contributed by atoms with van der Waals surface area (Å²) >= 11 is 6.12. The van der Waals surface area contributed by atoms with E-state index in [2.05, 4.69) is 16.0 Å². The molecule has 1 aromatic rings. The van der Waals surface area contributed by atoms with Crippen molar-refractivity contribution in [2.45, 2.75) is 219 Å². The van der Waals surface area contributed by atoms with Gasteiger partial charge in [-0.2, -0.15) is 13.2 Å². The third-order valence-corrected chi connectivity index (χ3v) is 19.3. The van der Waals surface area contributed by atoms with E-state index in [-0.39, 0.29) is 87.6 Å². The number of nitrogens with one attached hydrogen (secondary N) is 3. The van der Waals surface area contributed by atoms with Crippen LogP contribution in [0.4, 0.5) is 13.2 Å². The molecular formula is C66H105ClF3N11O11. The Kier molecular flexibility index (Phi) is 29.7. The molecule has 0 radical (unpaired) electrons. The van der Waals surface area contributed by atoms with Crippen molar-refractivity contribution < 1.29 is 65.9 Å². The molecule has 518 valence electrons. The first-order valence-electron chi connectivity index (χ1n) is 32.9. The first-order chi connectivity index (χ1) is 43.0. The number of nitrogens with two attached hydrogens (primary N) is 1. The molecule has 0 aromatic heterocycles. The summed E-state index contributed by atoms with van der Waals surface area (Å²) in [4.78, 5) is 163. The van der Waals surface area contributed by atoms with Gasteiger partial charge in [-0.25, -0.2) is 0 Å². The maximum absolute atomic E-state index is 15.1. The standard InChI is InChI=1S/C66H105ClF3N11O11/c1-15-42(6)44(8)61(89)77(11)38-55(84)75(9)39-56(85)79(13)52(36-45-23-18-16-19-24-45)63(91)76(10)37-53(82)73-49(29-27-46-26-28-47(48(67)35-46)66(68,69)70)62(90)81-32-22-25-50(81)59(87)74-65(30-20-17-21-31-65)64(92)80(14)57(41(4)5)60(88)72-43(7)34-54(83)78(12)51(58(71)86)33-40(2)3/h26,28,35,40-45,49-52,57H,15-25,27,29-34,36-39H2,1-14H3,(H2,71,86)(H,72,88)(H,73,82)(H,74,87)/t42-,43+,44-,49-,50-,51-,52-,57-/m0/s1. The van der Waals surface area contributed by atoms with Crippen LogP contribution >= 0.6 is 11.6 Å². The molecule has 4 rings (SSSR count). The van der Waals surface area contributed by atoms with Crippen LogP contribution in [0.5, 0.6) is 0 Å². The zero-order chi connectivity index (χ0) is 69.3. The average Bonchev–Trinajstić information content (AvgIpc) is 1.16. The number of likely N-dealkylation sites (N-methyl/N-ethyl adjacent to an activating group) is 6. The minimum Gasteiger partial charge on any atom is -0.368 e. The summed E-state index contributed by atoms with van der Waals surface area (Å²) < 4.78 is 41.4. The summed E-state index contributed by atoms with van der Waals surface area (Å²) in [6.45, 7) is 13.5. The van der Waals surface area contributed by atoms with E-state index in [4.69, 9.17) is 17.3 Å². The predicted molar refractivity (Wildman–Crippen MR) is 344 cm³/mol. The number of likely N-dealkylation sites (tertiary alicyclic amines) is 1. The number of benzene rings is 1. The number of halogens is 4. The summed E-state index contributed by atoms with van der Waals surface area (Å²) in [7, 11) is 8.79. The molecule has 26 heteroatoms. The van der Waals surface area contributed by atoms with E-state index in [1.165, 1.54) is 77.8 Å². The lowest BCUT2D eigenvalue weighted by Crippen LogP contribution is -2.66. The van der Waals surface area contributed by atoms with Crippen molar-refractivity contribution in [3.8, 4) is 0 Å². The van der Waals surface area contributed by atoms with Crippen LogP contribution in [0.15, 0.2) is 18.2 Å². The maximum atomic E-state index is 15.1. The predicted octanol–water partition coefficient (Wildman–Crippen LogP) is 6.18. The fourth-order valence-electron chi connectivity index (χ4n) is 13.0. The molecule has 2 aliphatic carbocycles. The van der Waals surface area contributed by atoms with Gasteiger partial charge >= 0.3 is 6.18 Å². The molecule has 2 saturated carbocycles. The van der Waals surface area contributed by atoms with Crippen molar-refractivity contribution in [2.24, 2.45) is 35.3 Å². The highest BCUT2D eigenvalue weighted by Gasteiger charge is 2.49. The zero-order valence-corrected chi connectivity index (χ0v) is 57.6. The topological polar surface area (TPSA) is 273 Å². The third kappa shape index (κ3) is 21.5. The molecule has 1 saturated heterocycles. The molecule has 8 atom stereocenters. The van der Waals surface area contributed by atoms with Gasteiger partial charge in [-0.15, -0.1) is 0 Å². The van der Waals surface area contributed by atoms with Crippen LogP contribution < -0.4 is 21.7 Å². The number of alkyl halides is 3. The molecule has 1 heterocycles. The minimum absolute atomic E-state index is 0.0535. The summed E-state index contributed by atoms with van der Waals surface area (Å²) in [5.74, 6) is -6.67. The number of carbonyl (C=O) groups is 11. The van der Waals surface area contributed by atoms with Crippen molar-refractivity contribution in [3.05, 3.63) is 34.3 Å². The summed E-state index contributed by atoms with van der Waals surface area (Å²) in [5, 5.41) is 8.08. The van der Waals surface area contributed by atoms with E-state index in [0.29, 0.717) is 31.2 Å². The maximum Gasteiger partial charge on any atom is 0.417 e. The van der Waals surface area contributed by atoms with Gasteiger partial charge in [0.15, 0.2) is 0 Å². The third-order valence-electron chi connectivity index (χ3n) is 19.0. The largest absolute Gasteiger partial charge is 0.417 e. The van der Waals surface area contributed by atoms with Gasteiger partial charge in [-0.05, 0) is 99.7 Å². The highest BCUT2D eigenvalue weighted by molar-refractivity contribution is 6.31. The summed E-state index contributed by atoms with van der Waals surface area (Å²) in [6.07, 6.45) is 3.51. The van der Waals surface area contributed by atoms with Crippen LogP contribution in [0.2, 0.25) is 5.02 Å². The smallest absolute Gasteiger partial charge is 0.368 e. The molecule has 3 aliphatic rings. The second-order valence-electron chi connectivity index (χ2n) is 27.1. The lowest BCUT2D eigenvalue weighted by molar-refractivity contribution is -0.150. The van der Waals surface area contributed by atoms with Crippen LogP contribution in [0.1, 0.15) is 176 Å². The van der Waals surface area contributed by atoms with Gasteiger partial charge in [-0.3, -0.25) is 52.7 Å². The van der Waals surface area contributed by atoms with Crippen molar-refractivity contribution in [3.63, 3.8) is 0 Å². The minimum atomic E-state index is -4.75. The molecule has 1 aliphatic heterocycles. The molecule has 0 spiro atoms. The van der Waals surface area contributed by atoms with E-state index in [0.717, 1.165) is 62.0 Å². The van der Waals surface area contributed by atoms with Crippen LogP contribution in [-0.4, -0.2) is 210 Å². The SMILES string of the molecule is CC[C@H](C)[C@H](C)C(=O)N(C)CC(=O)N(C)CC(=O)N(C)[C@@H](CC1CCCCC1)C(=O)N(C)CC(=O)N[C@@H](CCc1ccc(C(F)(F)F)c(Cl)c1)C(=O)N1CCC[C@H]1C(=O)NC1(C(=O)N(C)[C@H](C(=O)N[C@H](C)CC(=O)N(C)[C@@H](CC(C)C)C(N)=O)C(C)C)CCCCC1. The number of aryl methyl sites for hydroxylation is 1. The second kappa shape index (κ2) is 35.1. The van der Waals surface area contributed by atoms with E-state index in [1.807, 2.05) is 34.6 Å². The first kappa shape index (κ1) is 77.9. The van der Waals surface area contributed by atoms with Crippen LogP contribution in [-0.2, 0) is 65.3 Å². The lowest BCUT2D eigenvalue weighted by Gasteiger charge is -2.43. The molecule has 92 heavy (non-hydrogen) atoms. The van der Waals surface area contributed by atoms with Gasteiger partial charge in [0.25, 0.3) is 0 Å². The molecular weight excluding hydrogens is 1220 g/mol. The Bertz CT molecular complexity index is 2760. The Hall–Kier alpha value is -6.53. The number of amides is 11. The Morgan fingerprint density at radius 3 is 1.86 bits per heavy atom. The van der Waals surface area contributed by atoms with E-state index in [9.17, 15) is 56.3 Å². The highest BCUT2D eigenvalue weighted by Crippen LogP contribution is 2.36. The fraction of sp³-hybridized carbons (Fsp3) is 0.742. The molecule has 3 fully saturated rings. The quantitative estimate of drug-likeness (QED) is 0.0652. The molecule has 11 amide bonds. The van der Waals surface area contributed by atoms with E-state index in [1.54, 1.807) is 20.8 Å². The normalized spacial score (nSPS) is 18.3. The monoisotopic (exact) mass is 1320 g/mol. The zero-order valence-electron chi connectivity index (χ0n) is 56.8. The second-order valence-corrected chi connectivity index (χ2v) is 27.5. The van der Waals surface area contributed by atoms with E-state index < -0.39 is 137 Å². The summed E-state index contributed by atoms with van der Waals surface area (Å²) in [6, 6.07) is -3.09. The van der Waals surface area contributed by atoms with Crippen molar-refractivity contribution in [1.82, 2.24) is 50.2 Å². The number of primary amides is 1. The van der Waals surface area contributed by atoms with Crippen molar-refractivity contribution >= 4 is 76.6 Å². The molecule has 0 bridgehead atoms. The average molecular weight is 1320 g/mol. The van der Waals surface area contributed by atoms with Gasteiger partial charge in [0.2, 0.25) is 65.0 Å².